The number of benzene rings is 3. The van der Waals surface area contributed by atoms with Crippen LogP contribution in [0.4, 0.5) is 0 Å². The van der Waals surface area contributed by atoms with Gasteiger partial charge in [0.25, 0.3) is 0 Å². The molecule has 2 heteroatoms. The summed E-state index contributed by atoms with van der Waals surface area (Å²) in [4.78, 5) is 12.5. The van der Waals surface area contributed by atoms with Crippen LogP contribution in [0.5, 0.6) is 0 Å². The van der Waals surface area contributed by atoms with Crippen molar-refractivity contribution in [3.8, 4) is 0 Å². The molecule has 0 aliphatic rings. The molecule has 0 radical (unpaired) electrons. The molecule has 3 aromatic rings. The SMILES string of the molecule is Cc1ccc(C(=O)CC(C)(N)Cc2cccc3ccccc23)cc1. The number of hydrogen-bond donors (Lipinski definition) is 1. The average molecular weight is 317 g/mol. The molecule has 1 unspecified atom stereocenters. The van der Waals surface area contributed by atoms with E-state index >= 15 is 0 Å². The van der Waals surface area contributed by atoms with E-state index in [-0.39, 0.29) is 5.78 Å². The molecular weight excluding hydrogens is 294 g/mol. The fraction of sp³-hybridized carbons (Fsp3) is 0.227. The predicted molar refractivity (Wildman–Crippen MR) is 100 cm³/mol. The van der Waals surface area contributed by atoms with E-state index < -0.39 is 5.54 Å². The standard InChI is InChI=1S/C22H23NO/c1-16-10-12-18(13-11-16)21(24)15-22(2,23)14-19-8-5-7-17-6-3-4-9-20(17)19/h3-13H,14-15,23H2,1-2H3. The fourth-order valence-corrected chi connectivity index (χ4v) is 3.15. The van der Waals surface area contributed by atoms with Crippen molar-refractivity contribution >= 4 is 16.6 Å². The summed E-state index contributed by atoms with van der Waals surface area (Å²) in [6.45, 7) is 3.97. The van der Waals surface area contributed by atoms with E-state index in [9.17, 15) is 4.79 Å². The smallest absolute Gasteiger partial charge is 0.164 e. The third-order valence-corrected chi connectivity index (χ3v) is 4.41. The van der Waals surface area contributed by atoms with Crippen LogP contribution in [0.1, 0.15) is 34.8 Å². The zero-order chi connectivity index (χ0) is 17.2. The van der Waals surface area contributed by atoms with Gasteiger partial charge in [0, 0.05) is 17.5 Å². The Labute approximate surface area is 143 Å². The van der Waals surface area contributed by atoms with Crippen molar-refractivity contribution in [3.05, 3.63) is 83.4 Å². The molecule has 3 rings (SSSR count). The highest BCUT2D eigenvalue weighted by molar-refractivity contribution is 5.97. The number of aryl methyl sites for hydroxylation is 1. The van der Waals surface area contributed by atoms with Crippen LogP contribution in [-0.4, -0.2) is 11.3 Å². The number of hydrogen-bond acceptors (Lipinski definition) is 2. The highest BCUT2D eigenvalue weighted by atomic mass is 16.1. The largest absolute Gasteiger partial charge is 0.325 e. The maximum atomic E-state index is 12.5. The van der Waals surface area contributed by atoms with Gasteiger partial charge in [-0.2, -0.15) is 0 Å². The maximum Gasteiger partial charge on any atom is 0.164 e. The lowest BCUT2D eigenvalue weighted by atomic mass is 9.85. The summed E-state index contributed by atoms with van der Waals surface area (Å²) in [6, 6.07) is 22.2. The summed E-state index contributed by atoms with van der Waals surface area (Å²) in [6.07, 6.45) is 1.01. The van der Waals surface area contributed by atoms with Gasteiger partial charge in [0.1, 0.15) is 0 Å². The van der Waals surface area contributed by atoms with Gasteiger partial charge in [-0.05, 0) is 36.6 Å². The quantitative estimate of drug-likeness (QED) is 0.694. The number of carbonyl (C=O) groups excluding carboxylic acids is 1. The lowest BCUT2D eigenvalue weighted by molar-refractivity contribution is 0.0956. The molecule has 3 aromatic carbocycles. The second-order valence-corrected chi connectivity index (χ2v) is 6.94. The minimum Gasteiger partial charge on any atom is -0.325 e. The first kappa shape index (κ1) is 16.4. The van der Waals surface area contributed by atoms with Gasteiger partial charge in [-0.25, -0.2) is 0 Å². The maximum absolute atomic E-state index is 12.5. The van der Waals surface area contributed by atoms with Gasteiger partial charge in [0.05, 0.1) is 0 Å². The Morgan fingerprint density at radius 1 is 0.958 bits per heavy atom. The molecule has 0 heterocycles. The Hall–Kier alpha value is -2.45. The third-order valence-electron chi connectivity index (χ3n) is 4.41. The molecule has 0 fully saturated rings. The van der Waals surface area contributed by atoms with Crippen molar-refractivity contribution in [2.45, 2.75) is 32.2 Å². The van der Waals surface area contributed by atoms with Crippen molar-refractivity contribution < 1.29 is 4.79 Å². The zero-order valence-corrected chi connectivity index (χ0v) is 14.3. The molecule has 24 heavy (non-hydrogen) atoms. The zero-order valence-electron chi connectivity index (χ0n) is 14.3. The van der Waals surface area contributed by atoms with Crippen LogP contribution in [-0.2, 0) is 6.42 Å². The Bertz CT molecular complexity index is 857. The van der Waals surface area contributed by atoms with E-state index in [0.717, 1.165) is 11.1 Å². The summed E-state index contributed by atoms with van der Waals surface area (Å²) in [7, 11) is 0. The van der Waals surface area contributed by atoms with Gasteiger partial charge in [0.15, 0.2) is 5.78 Å². The monoisotopic (exact) mass is 317 g/mol. The first-order chi connectivity index (χ1) is 11.4. The Kier molecular flexibility index (Phi) is 4.50. The van der Waals surface area contributed by atoms with Crippen LogP contribution in [0.25, 0.3) is 10.8 Å². The van der Waals surface area contributed by atoms with Crippen LogP contribution in [0.15, 0.2) is 66.7 Å². The Morgan fingerprint density at radius 2 is 1.62 bits per heavy atom. The lowest BCUT2D eigenvalue weighted by Gasteiger charge is -2.25. The van der Waals surface area contributed by atoms with Gasteiger partial charge >= 0.3 is 0 Å². The van der Waals surface area contributed by atoms with Crippen molar-refractivity contribution in [2.24, 2.45) is 5.73 Å². The molecule has 0 saturated carbocycles. The van der Waals surface area contributed by atoms with Crippen molar-refractivity contribution in [2.75, 3.05) is 0 Å². The molecular formula is C22H23NO. The number of rotatable bonds is 5. The minimum absolute atomic E-state index is 0.0974. The van der Waals surface area contributed by atoms with E-state index in [1.165, 1.54) is 16.3 Å². The first-order valence-corrected chi connectivity index (χ1v) is 8.30. The fourth-order valence-electron chi connectivity index (χ4n) is 3.15. The van der Waals surface area contributed by atoms with E-state index in [1.807, 2.05) is 50.2 Å². The summed E-state index contributed by atoms with van der Waals surface area (Å²) >= 11 is 0. The summed E-state index contributed by atoms with van der Waals surface area (Å²) < 4.78 is 0. The molecule has 0 saturated heterocycles. The van der Waals surface area contributed by atoms with Gasteiger partial charge in [-0.15, -0.1) is 0 Å². The van der Waals surface area contributed by atoms with Crippen molar-refractivity contribution in [3.63, 3.8) is 0 Å². The van der Waals surface area contributed by atoms with Gasteiger partial charge in [-0.1, -0.05) is 72.3 Å². The molecule has 122 valence electrons. The van der Waals surface area contributed by atoms with E-state index in [0.29, 0.717) is 12.8 Å². The molecule has 0 aromatic heterocycles. The van der Waals surface area contributed by atoms with Crippen molar-refractivity contribution in [1.82, 2.24) is 0 Å². The van der Waals surface area contributed by atoms with Gasteiger partial charge < -0.3 is 5.73 Å². The number of carbonyl (C=O) groups is 1. The van der Waals surface area contributed by atoms with E-state index in [4.69, 9.17) is 5.73 Å². The van der Waals surface area contributed by atoms with E-state index in [1.54, 1.807) is 0 Å². The van der Waals surface area contributed by atoms with Crippen LogP contribution in [0.3, 0.4) is 0 Å². The molecule has 0 spiro atoms. The molecule has 2 nitrogen and oxygen atoms in total. The number of ketones is 1. The normalized spacial score (nSPS) is 13.6. The number of Topliss-reactive ketones (excluding diaryl/α,β-unsaturated/α-hetero) is 1. The Morgan fingerprint density at radius 3 is 2.38 bits per heavy atom. The predicted octanol–water partition coefficient (Wildman–Crippen LogP) is 4.68. The van der Waals surface area contributed by atoms with Crippen molar-refractivity contribution in [1.29, 1.82) is 0 Å². The second kappa shape index (κ2) is 6.58. The topological polar surface area (TPSA) is 43.1 Å². The Balaban J connectivity index is 1.80. The highest BCUT2D eigenvalue weighted by Crippen LogP contribution is 2.24. The highest BCUT2D eigenvalue weighted by Gasteiger charge is 2.24. The molecule has 0 bridgehead atoms. The van der Waals surface area contributed by atoms with Gasteiger partial charge in [0.2, 0.25) is 0 Å². The molecule has 0 aliphatic heterocycles. The molecule has 2 N–H and O–H groups in total. The number of nitrogens with two attached hydrogens (primary N) is 1. The summed E-state index contributed by atoms with van der Waals surface area (Å²) in [5.74, 6) is 0.0974. The summed E-state index contributed by atoms with van der Waals surface area (Å²) in [5.41, 5.74) is 8.98. The van der Waals surface area contributed by atoms with Crippen LogP contribution < -0.4 is 5.73 Å². The van der Waals surface area contributed by atoms with Crippen LogP contribution in [0.2, 0.25) is 0 Å². The molecule has 1 atom stereocenters. The van der Waals surface area contributed by atoms with E-state index in [2.05, 4.69) is 30.3 Å². The third kappa shape index (κ3) is 3.72. The average Bonchev–Trinajstić information content (AvgIpc) is 2.55. The minimum atomic E-state index is -0.577. The van der Waals surface area contributed by atoms with Crippen LogP contribution >= 0.6 is 0 Å². The van der Waals surface area contributed by atoms with Crippen LogP contribution in [0, 0.1) is 6.92 Å². The van der Waals surface area contributed by atoms with Gasteiger partial charge in [-0.3, -0.25) is 4.79 Å². The molecule has 0 aliphatic carbocycles. The molecule has 0 amide bonds. The lowest BCUT2D eigenvalue weighted by Crippen LogP contribution is -2.40. The number of fused-ring (bicyclic) bond motifs is 1. The summed E-state index contributed by atoms with van der Waals surface area (Å²) in [5, 5.41) is 2.41. The second-order valence-electron chi connectivity index (χ2n) is 6.94. The first-order valence-electron chi connectivity index (χ1n) is 8.30.